The first-order valence-corrected chi connectivity index (χ1v) is 8.80. The summed E-state index contributed by atoms with van der Waals surface area (Å²) < 4.78 is 12.8. The number of carbonyl (C=O) groups is 1. The van der Waals surface area contributed by atoms with Gasteiger partial charge in [-0.05, 0) is 30.3 Å². The maximum atomic E-state index is 13.0. The van der Waals surface area contributed by atoms with Crippen molar-refractivity contribution in [1.29, 1.82) is 0 Å². The molecule has 2 N–H and O–H groups in total. The number of ether oxygens (including phenoxy) is 1. The van der Waals surface area contributed by atoms with Crippen LogP contribution in [-0.4, -0.2) is 32.3 Å². The Hall–Kier alpha value is -4.14. The molecule has 0 aliphatic carbocycles. The standard InChI is InChI=1S/C20H15N5O4/c1-28-12-7-6-11-8-13-18(21)23-25(19(13)22-14(11)9-12)17(26)10-24-15-4-2-3-5-16(15)29-20(24)27/h2-9H,10H2,1H3,(H2,21,23). The molecule has 0 saturated heterocycles. The minimum atomic E-state index is -0.618. The molecule has 9 nitrogen and oxygen atoms in total. The van der Waals surface area contributed by atoms with Gasteiger partial charge >= 0.3 is 5.76 Å². The number of pyridine rings is 1. The van der Waals surface area contributed by atoms with Crippen LogP contribution in [0.25, 0.3) is 33.0 Å². The highest BCUT2D eigenvalue weighted by atomic mass is 16.5. The van der Waals surface area contributed by atoms with Gasteiger partial charge in [0.1, 0.15) is 12.3 Å². The van der Waals surface area contributed by atoms with Gasteiger partial charge in [0.05, 0.1) is 23.5 Å². The zero-order valence-electron chi connectivity index (χ0n) is 15.3. The first-order chi connectivity index (χ1) is 14.0. The van der Waals surface area contributed by atoms with Gasteiger partial charge < -0.3 is 14.9 Å². The summed E-state index contributed by atoms with van der Waals surface area (Å²) in [5.41, 5.74) is 7.90. The van der Waals surface area contributed by atoms with E-state index in [2.05, 4.69) is 10.1 Å². The van der Waals surface area contributed by atoms with Gasteiger partial charge in [-0.1, -0.05) is 12.1 Å². The van der Waals surface area contributed by atoms with E-state index < -0.39 is 11.7 Å². The van der Waals surface area contributed by atoms with Gasteiger partial charge in [0.2, 0.25) is 0 Å². The number of rotatable bonds is 3. The van der Waals surface area contributed by atoms with E-state index in [-0.39, 0.29) is 12.4 Å². The van der Waals surface area contributed by atoms with Crippen LogP contribution in [0.15, 0.2) is 57.7 Å². The number of hydrogen-bond acceptors (Lipinski definition) is 7. The summed E-state index contributed by atoms with van der Waals surface area (Å²) in [5.74, 6) is -0.253. The number of carbonyl (C=O) groups excluding carboxylic acids is 1. The molecule has 0 fully saturated rings. The topological polar surface area (TPSA) is 118 Å². The predicted octanol–water partition coefficient (Wildman–Crippen LogP) is 2.42. The number of nitrogens with two attached hydrogens (primary N) is 1. The average molecular weight is 389 g/mol. The van der Waals surface area contributed by atoms with Crippen LogP contribution >= 0.6 is 0 Å². The lowest BCUT2D eigenvalue weighted by atomic mass is 10.2. The molecule has 3 heterocycles. The lowest BCUT2D eigenvalue weighted by Gasteiger charge is -2.05. The van der Waals surface area contributed by atoms with Crippen molar-refractivity contribution >= 4 is 44.8 Å². The Morgan fingerprint density at radius 1 is 1.21 bits per heavy atom. The minimum absolute atomic E-state index is 0.183. The van der Waals surface area contributed by atoms with Crippen LogP contribution in [0.2, 0.25) is 0 Å². The zero-order valence-corrected chi connectivity index (χ0v) is 15.3. The molecule has 0 aliphatic heterocycles. The number of hydrogen-bond donors (Lipinski definition) is 1. The number of anilines is 1. The van der Waals surface area contributed by atoms with Crippen molar-refractivity contribution in [2.75, 3.05) is 12.8 Å². The van der Waals surface area contributed by atoms with Crippen LogP contribution < -0.4 is 16.2 Å². The van der Waals surface area contributed by atoms with E-state index in [1.54, 1.807) is 37.4 Å². The van der Waals surface area contributed by atoms with Crippen molar-refractivity contribution in [2.45, 2.75) is 6.54 Å². The SMILES string of the molecule is COc1ccc2cc3c(N)nn(C(=O)Cn4c(=O)oc5ccccc54)c3nc2c1. The molecule has 5 rings (SSSR count). The molecule has 5 aromatic rings. The molecule has 144 valence electrons. The molecule has 0 radical (unpaired) electrons. The largest absolute Gasteiger partial charge is 0.497 e. The highest BCUT2D eigenvalue weighted by molar-refractivity contribution is 6.00. The molecule has 0 unspecified atom stereocenters. The van der Waals surface area contributed by atoms with E-state index in [4.69, 9.17) is 14.9 Å². The van der Waals surface area contributed by atoms with Gasteiger partial charge in [-0.3, -0.25) is 9.36 Å². The van der Waals surface area contributed by atoms with Gasteiger partial charge in [0, 0.05) is 11.5 Å². The Labute approximate surface area is 162 Å². The van der Waals surface area contributed by atoms with Crippen LogP contribution in [0.3, 0.4) is 0 Å². The molecule has 2 aromatic carbocycles. The zero-order chi connectivity index (χ0) is 20.1. The highest BCUT2D eigenvalue weighted by Gasteiger charge is 2.19. The summed E-state index contributed by atoms with van der Waals surface area (Å²) in [7, 11) is 1.57. The van der Waals surface area contributed by atoms with Gasteiger partial charge in [-0.25, -0.2) is 9.78 Å². The Kier molecular flexibility index (Phi) is 3.63. The second-order valence-corrected chi connectivity index (χ2v) is 6.53. The molecule has 0 bridgehead atoms. The molecular formula is C20H15N5O4. The molecule has 3 aromatic heterocycles. The van der Waals surface area contributed by atoms with E-state index in [1.165, 1.54) is 4.57 Å². The third-order valence-corrected chi connectivity index (χ3v) is 4.79. The monoisotopic (exact) mass is 389 g/mol. The number of para-hydroxylation sites is 2. The van der Waals surface area contributed by atoms with E-state index in [0.29, 0.717) is 33.4 Å². The number of nitrogens with zero attached hydrogens (tertiary/aromatic N) is 4. The van der Waals surface area contributed by atoms with Crippen molar-refractivity contribution in [3.63, 3.8) is 0 Å². The Balaban J connectivity index is 1.63. The third kappa shape index (κ3) is 2.63. The predicted molar refractivity (Wildman–Crippen MR) is 107 cm³/mol. The van der Waals surface area contributed by atoms with Crippen LogP contribution in [0.4, 0.5) is 5.82 Å². The van der Waals surface area contributed by atoms with Gasteiger partial charge in [-0.2, -0.15) is 4.68 Å². The fourth-order valence-corrected chi connectivity index (χ4v) is 3.36. The number of aromatic nitrogens is 4. The van der Waals surface area contributed by atoms with Gasteiger partial charge in [0.15, 0.2) is 17.0 Å². The van der Waals surface area contributed by atoms with E-state index in [9.17, 15) is 9.59 Å². The second-order valence-electron chi connectivity index (χ2n) is 6.53. The van der Waals surface area contributed by atoms with Crippen LogP contribution in [0, 0.1) is 0 Å². The number of nitrogen functional groups attached to an aromatic ring is 1. The smallest absolute Gasteiger partial charge is 0.420 e. The Bertz CT molecular complexity index is 1480. The van der Waals surface area contributed by atoms with Crippen LogP contribution in [0.5, 0.6) is 5.75 Å². The molecule has 0 saturated carbocycles. The fourth-order valence-electron chi connectivity index (χ4n) is 3.36. The number of oxazole rings is 1. The van der Waals surface area contributed by atoms with Crippen molar-refractivity contribution < 1.29 is 13.9 Å². The summed E-state index contributed by atoms with van der Waals surface area (Å²) in [6.07, 6.45) is 0. The maximum absolute atomic E-state index is 13.0. The second kappa shape index (κ2) is 6.20. The Morgan fingerprint density at radius 2 is 2.03 bits per heavy atom. The number of methoxy groups -OCH3 is 1. The first kappa shape index (κ1) is 17.0. The fraction of sp³-hybridized carbons (Fsp3) is 0.100. The van der Waals surface area contributed by atoms with Crippen LogP contribution in [0.1, 0.15) is 4.79 Å². The summed E-state index contributed by atoms with van der Waals surface area (Å²) >= 11 is 0. The third-order valence-electron chi connectivity index (χ3n) is 4.79. The minimum Gasteiger partial charge on any atom is -0.497 e. The average Bonchev–Trinajstić information content (AvgIpc) is 3.22. The maximum Gasteiger partial charge on any atom is 0.420 e. The number of fused-ring (bicyclic) bond motifs is 3. The van der Waals surface area contributed by atoms with Crippen molar-refractivity contribution in [1.82, 2.24) is 19.3 Å². The van der Waals surface area contributed by atoms with Crippen molar-refractivity contribution in [2.24, 2.45) is 0 Å². The van der Waals surface area contributed by atoms with Crippen LogP contribution in [-0.2, 0) is 6.54 Å². The molecule has 0 aliphatic rings. The molecule has 0 amide bonds. The normalized spacial score (nSPS) is 11.5. The Morgan fingerprint density at radius 3 is 2.86 bits per heavy atom. The summed E-state index contributed by atoms with van der Waals surface area (Å²) in [4.78, 5) is 29.7. The van der Waals surface area contributed by atoms with E-state index in [1.807, 2.05) is 18.2 Å². The first-order valence-electron chi connectivity index (χ1n) is 8.80. The van der Waals surface area contributed by atoms with Gasteiger partial charge in [-0.15, -0.1) is 5.10 Å². The molecular weight excluding hydrogens is 374 g/mol. The van der Waals surface area contributed by atoms with Crippen molar-refractivity contribution in [3.8, 4) is 5.75 Å². The molecule has 0 atom stereocenters. The van der Waals surface area contributed by atoms with Gasteiger partial charge in [0.25, 0.3) is 5.91 Å². The highest BCUT2D eigenvalue weighted by Crippen LogP contribution is 2.26. The molecule has 9 heteroatoms. The summed E-state index contributed by atoms with van der Waals surface area (Å²) in [6.45, 7) is -0.260. The van der Waals surface area contributed by atoms with E-state index >= 15 is 0 Å². The molecule has 0 spiro atoms. The van der Waals surface area contributed by atoms with E-state index in [0.717, 1.165) is 10.1 Å². The lowest BCUT2D eigenvalue weighted by molar-refractivity contribution is 0.0879. The van der Waals surface area contributed by atoms with Crippen molar-refractivity contribution in [3.05, 3.63) is 59.1 Å². The molecule has 29 heavy (non-hydrogen) atoms. The summed E-state index contributed by atoms with van der Waals surface area (Å²) in [5, 5.41) is 5.55. The quantitative estimate of drug-likeness (QED) is 0.503. The lowest BCUT2D eigenvalue weighted by Crippen LogP contribution is -2.25. The summed E-state index contributed by atoms with van der Waals surface area (Å²) in [6, 6.07) is 14.2. The number of benzene rings is 2.